The number of benzene rings is 1. The molecule has 1 aromatic rings. The van der Waals surface area contributed by atoms with Gasteiger partial charge >= 0.3 is 0 Å². The Hall–Kier alpha value is -1.22. The lowest BCUT2D eigenvalue weighted by Crippen LogP contribution is -2.16. The highest BCUT2D eigenvalue weighted by atomic mass is 16.5. The fourth-order valence-corrected chi connectivity index (χ4v) is 1.95. The smallest absolute Gasteiger partial charge is 0.126 e. The minimum absolute atomic E-state index is 0.261. The van der Waals surface area contributed by atoms with E-state index in [-0.39, 0.29) is 5.75 Å². The first-order chi connectivity index (χ1) is 6.81. The van der Waals surface area contributed by atoms with Crippen molar-refractivity contribution in [3.05, 3.63) is 23.8 Å². The lowest BCUT2D eigenvalue weighted by Gasteiger charge is -2.25. The fourth-order valence-electron chi connectivity index (χ4n) is 1.95. The van der Waals surface area contributed by atoms with Gasteiger partial charge in [-0.15, -0.1) is 0 Å². The number of hydrogen-bond acceptors (Lipinski definition) is 3. The van der Waals surface area contributed by atoms with E-state index in [9.17, 15) is 5.11 Å². The Morgan fingerprint density at radius 1 is 1.50 bits per heavy atom. The molecule has 1 atom stereocenters. The minimum Gasteiger partial charge on any atom is -0.508 e. The van der Waals surface area contributed by atoms with Crippen LogP contribution in [-0.4, -0.2) is 18.3 Å². The van der Waals surface area contributed by atoms with Crippen LogP contribution in [0.25, 0.3) is 0 Å². The second kappa shape index (κ2) is 3.88. The zero-order valence-electron chi connectivity index (χ0n) is 8.07. The molecule has 0 amide bonds. The van der Waals surface area contributed by atoms with E-state index in [1.54, 1.807) is 12.1 Å². The first-order valence-corrected chi connectivity index (χ1v) is 4.97. The van der Waals surface area contributed by atoms with Crippen LogP contribution in [-0.2, 0) is 0 Å². The Morgan fingerprint density at radius 2 is 2.36 bits per heavy atom. The Bertz CT molecular complexity index is 325. The van der Waals surface area contributed by atoms with Crippen molar-refractivity contribution in [3.63, 3.8) is 0 Å². The molecule has 0 fully saturated rings. The average Bonchev–Trinajstić information content (AvgIpc) is 2.18. The number of fused-ring (bicyclic) bond motifs is 1. The van der Waals surface area contributed by atoms with Gasteiger partial charge in [0.05, 0.1) is 6.61 Å². The van der Waals surface area contributed by atoms with Crippen LogP contribution in [0.5, 0.6) is 11.5 Å². The first-order valence-electron chi connectivity index (χ1n) is 4.97. The van der Waals surface area contributed by atoms with Gasteiger partial charge in [-0.05, 0) is 36.9 Å². The average molecular weight is 193 g/mol. The van der Waals surface area contributed by atoms with Crippen LogP contribution in [0.3, 0.4) is 0 Å². The third-order valence-electron chi connectivity index (χ3n) is 2.68. The van der Waals surface area contributed by atoms with Gasteiger partial charge in [0.15, 0.2) is 0 Å². The van der Waals surface area contributed by atoms with E-state index in [0.29, 0.717) is 12.5 Å². The number of phenols is 1. The van der Waals surface area contributed by atoms with Gasteiger partial charge in [0.25, 0.3) is 0 Å². The number of rotatable bonds is 2. The van der Waals surface area contributed by atoms with Gasteiger partial charge in [-0.2, -0.15) is 0 Å². The summed E-state index contributed by atoms with van der Waals surface area (Å²) in [5, 5.41) is 9.30. The molecule has 3 N–H and O–H groups in total. The molecule has 0 aliphatic carbocycles. The summed E-state index contributed by atoms with van der Waals surface area (Å²) in [6.45, 7) is 1.42. The van der Waals surface area contributed by atoms with Crippen LogP contribution < -0.4 is 10.5 Å². The maximum absolute atomic E-state index is 9.30. The number of phenolic OH excluding ortho intramolecular Hbond substituents is 1. The molecule has 0 aromatic heterocycles. The maximum atomic E-state index is 9.30. The molecule has 1 heterocycles. The summed E-state index contributed by atoms with van der Waals surface area (Å²) >= 11 is 0. The van der Waals surface area contributed by atoms with E-state index in [0.717, 1.165) is 25.2 Å². The van der Waals surface area contributed by atoms with Crippen molar-refractivity contribution in [2.75, 3.05) is 13.2 Å². The van der Waals surface area contributed by atoms with Gasteiger partial charge in [-0.3, -0.25) is 0 Å². The van der Waals surface area contributed by atoms with Gasteiger partial charge in [0.1, 0.15) is 11.5 Å². The molecule has 76 valence electrons. The second-order valence-corrected chi connectivity index (χ2v) is 3.63. The first kappa shape index (κ1) is 9.34. The maximum Gasteiger partial charge on any atom is 0.126 e. The highest BCUT2D eigenvalue weighted by Crippen LogP contribution is 2.37. The molecule has 0 saturated heterocycles. The summed E-state index contributed by atoms with van der Waals surface area (Å²) in [6.07, 6.45) is 2.01. The van der Waals surface area contributed by atoms with Gasteiger partial charge in [-0.25, -0.2) is 0 Å². The third-order valence-corrected chi connectivity index (χ3v) is 2.68. The van der Waals surface area contributed by atoms with Crippen molar-refractivity contribution >= 4 is 0 Å². The van der Waals surface area contributed by atoms with Crippen molar-refractivity contribution in [2.24, 2.45) is 5.73 Å². The van der Waals surface area contributed by atoms with E-state index < -0.39 is 0 Å². The highest BCUT2D eigenvalue weighted by molar-refractivity contribution is 5.43. The monoisotopic (exact) mass is 193 g/mol. The van der Waals surface area contributed by atoms with Gasteiger partial charge in [-0.1, -0.05) is 6.07 Å². The molecule has 3 heteroatoms. The highest BCUT2D eigenvalue weighted by Gasteiger charge is 2.20. The number of aromatic hydroxyl groups is 1. The normalized spacial score (nSPS) is 19.9. The molecule has 1 aromatic carbocycles. The van der Waals surface area contributed by atoms with Crippen molar-refractivity contribution in [3.8, 4) is 11.5 Å². The molecular weight excluding hydrogens is 178 g/mol. The van der Waals surface area contributed by atoms with Gasteiger partial charge in [0, 0.05) is 6.07 Å². The Morgan fingerprint density at radius 3 is 3.14 bits per heavy atom. The third kappa shape index (κ3) is 1.68. The number of nitrogens with two attached hydrogens (primary N) is 1. The topological polar surface area (TPSA) is 55.5 Å². The summed E-state index contributed by atoms with van der Waals surface area (Å²) in [7, 11) is 0. The zero-order valence-corrected chi connectivity index (χ0v) is 8.07. The Labute approximate surface area is 83.5 Å². The summed E-state index contributed by atoms with van der Waals surface area (Å²) in [6, 6.07) is 5.32. The van der Waals surface area contributed by atoms with Crippen LogP contribution in [0.4, 0.5) is 0 Å². The van der Waals surface area contributed by atoms with E-state index in [4.69, 9.17) is 10.5 Å². The lowest BCUT2D eigenvalue weighted by atomic mass is 9.90. The summed E-state index contributed by atoms with van der Waals surface area (Å²) < 4.78 is 5.48. The summed E-state index contributed by atoms with van der Waals surface area (Å²) in [5.41, 5.74) is 6.74. The quantitative estimate of drug-likeness (QED) is 0.750. The van der Waals surface area contributed by atoms with Crippen LogP contribution in [0.15, 0.2) is 18.2 Å². The number of ether oxygens (including phenoxy) is 1. The predicted molar refractivity (Wildman–Crippen MR) is 54.6 cm³/mol. The van der Waals surface area contributed by atoms with Crippen molar-refractivity contribution in [1.29, 1.82) is 0 Å². The summed E-state index contributed by atoms with van der Waals surface area (Å²) in [4.78, 5) is 0. The fraction of sp³-hybridized carbons (Fsp3) is 0.455. The molecule has 3 nitrogen and oxygen atoms in total. The second-order valence-electron chi connectivity index (χ2n) is 3.63. The van der Waals surface area contributed by atoms with Gasteiger partial charge < -0.3 is 15.6 Å². The Kier molecular flexibility index (Phi) is 2.59. The van der Waals surface area contributed by atoms with Crippen molar-refractivity contribution in [1.82, 2.24) is 0 Å². The van der Waals surface area contributed by atoms with E-state index >= 15 is 0 Å². The molecule has 1 unspecified atom stereocenters. The zero-order chi connectivity index (χ0) is 9.97. The summed E-state index contributed by atoms with van der Waals surface area (Å²) in [5.74, 6) is 1.57. The molecule has 1 aliphatic heterocycles. The molecular formula is C11H15NO2. The lowest BCUT2D eigenvalue weighted by molar-refractivity contribution is 0.262. The van der Waals surface area contributed by atoms with Crippen LogP contribution in [0.1, 0.15) is 24.3 Å². The van der Waals surface area contributed by atoms with Crippen LogP contribution in [0, 0.1) is 0 Å². The Balaban J connectivity index is 2.30. The minimum atomic E-state index is 0.261. The standard InChI is InChI=1S/C11H15NO2/c12-5-3-8-4-6-14-11-7-9(13)1-2-10(8)11/h1-2,7-8,13H,3-6,12H2. The van der Waals surface area contributed by atoms with E-state index in [2.05, 4.69) is 0 Å². The van der Waals surface area contributed by atoms with E-state index in [1.165, 1.54) is 5.56 Å². The largest absolute Gasteiger partial charge is 0.508 e. The molecule has 1 aliphatic rings. The van der Waals surface area contributed by atoms with E-state index in [1.807, 2.05) is 6.07 Å². The van der Waals surface area contributed by atoms with Gasteiger partial charge in [0.2, 0.25) is 0 Å². The van der Waals surface area contributed by atoms with Crippen molar-refractivity contribution < 1.29 is 9.84 Å². The molecule has 2 rings (SSSR count). The van der Waals surface area contributed by atoms with Crippen molar-refractivity contribution in [2.45, 2.75) is 18.8 Å². The molecule has 0 radical (unpaired) electrons. The molecule has 0 spiro atoms. The molecule has 0 saturated carbocycles. The van der Waals surface area contributed by atoms with Crippen LogP contribution >= 0.6 is 0 Å². The number of hydrogen-bond donors (Lipinski definition) is 2. The molecule has 0 bridgehead atoms. The molecule has 14 heavy (non-hydrogen) atoms. The predicted octanol–water partition coefficient (Wildman–Crippen LogP) is 1.61. The van der Waals surface area contributed by atoms with Crippen LogP contribution in [0.2, 0.25) is 0 Å². The SMILES string of the molecule is NCCC1CCOc2cc(O)ccc21.